The number of carbonyl (C=O) groups is 1. The van der Waals surface area contributed by atoms with E-state index in [0.29, 0.717) is 5.69 Å². The van der Waals surface area contributed by atoms with Crippen molar-refractivity contribution in [2.75, 3.05) is 25.6 Å². The van der Waals surface area contributed by atoms with Crippen molar-refractivity contribution in [3.05, 3.63) is 62.7 Å². The van der Waals surface area contributed by atoms with Gasteiger partial charge in [0, 0.05) is 30.8 Å². The average molecular weight is 526 g/mol. The Morgan fingerprint density at radius 3 is 2.29 bits per heavy atom. The van der Waals surface area contributed by atoms with Crippen molar-refractivity contribution in [2.24, 2.45) is 4.99 Å². The van der Waals surface area contributed by atoms with Gasteiger partial charge in [-0.05, 0) is 54.8 Å². The normalized spacial score (nSPS) is 19.5. The summed E-state index contributed by atoms with van der Waals surface area (Å²) in [7, 11) is 2.95. The van der Waals surface area contributed by atoms with E-state index < -0.39 is 34.1 Å². The summed E-state index contributed by atoms with van der Waals surface area (Å²) in [6.07, 6.45) is -5.78. The van der Waals surface area contributed by atoms with Crippen LogP contribution < -0.4 is 10.4 Å². The summed E-state index contributed by atoms with van der Waals surface area (Å²) in [5, 5.41) is 0.843. The van der Waals surface area contributed by atoms with Gasteiger partial charge < -0.3 is 5.01 Å². The Balaban J connectivity index is 2.08. The fourth-order valence-electron chi connectivity index (χ4n) is 4.26. The number of anilines is 1. The van der Waals surface area contributed by atoms with Crippen LogP contribution in [0.1, 0.15) is 38.2 Å². The molecule has 184 valence electrons. The minimum Gasteiger partial charge on any atom is -0.303 e. The molecule has 2 aromatic carbocycles. The number of aliphatic imine (C=N–C) groups is 1. The monoisotopic (exact) mass is 525 g/mol. The van der Waals surface area contributed by atoms with Gasteiger partial charge in [0.25, 0.3) is 10.9 Å². The fraction of sp³-hybridized carbons (Fsp3) is 0.364. The van der Waals surface area contributed by atoms with Crippen LogP contribution in [0.4, 0.5) is 32.0 Å². The Labute approximate surface area is 201 Å². The highest BCUT2D eigenvalue weighted by molar-refractivity contribution is 6.68. The maximum atomic E-state index is 14.6. The van der Waals surface area contributed by atoms with Crippen LogP contribution in [0.15, 0.2) is 29.3 Å². The molecule has 0 aromatic heterocycles. The summed E-state index contributed by atoms with van der Waals surface area (Å²) in [5.41, 5.74) is -3.13. The predicted octanol–water partition coefficient (Wildman–Crippen LogP) is 6.23. The molecule has 1 unspecified atom stereocenters. The largest absolute Gasteiger partial charge is 0.433 e. The number of nitrogens with zero attached hydrogens (tertiary/aromatic N) is 2. The number of nitrogens with one attached hydrogen (secondary N) is 1. The molecule has 1 N–H and O–H groups in total. The number of benzene rings is 2. The first-order chi connectivity index (χ1) is 15.6. The number of hydrogen-bond acceptors (Lipinski definition) is 4. The van der Waals surface area contributed by atoms with Crippen molar-refractivity contribution in [3.8, 4) is 0 Å². The second-order valence-electron chi connectivity index (χ2n) is 7.76. The molecular weight excluding hydrogens is 507 g/mol. The highest BCUT2D eigenvalue weighted by Gasteiger charge is 2.80. The second kappa shape index (κ2) is 8.73. The van der Waals surface area contributed by atoms with Gasteiger partial charge in [0.05, 0.1) is 28.5 Å². The SMILES string of the molecule is CN=C(CN(NC)c1ccc(Cl)c(C(=O)Cl)c1)c1c(C)cc2c(c1C)C(F)(F)C2(F)C(F)(F)F. The first-order valence-corrected chi connectivity index (χ1v) is 10.6. The Morgan fingerprint density at radius 2 is 1.79 bits per heavy atom. The van der Waals surface area contributed by atoms with Gasteiger partial charge in [-0.3, -0.25) is 9.79 Å². The van der Waals surface area contributed by atoms with Crippen LogP contribution in [-0.4, -0.2) is 37.8 Å². The average Bonchev–Trinajstić information content (AvgIpc) is 2.74. The Kier molecular flexibility index (Phi) is 6.75. The van der Waals surface area contributed by atoms with Crippen molar-refractivity contribution in [1.29, 1.82) is 0 Å². The summed E-state index contributed by atoms with van der Waals surface area (Å²) in [6, 6.07) is 5.22. The summed E-state index contributed by atoms with van der Waals surface area (Å²) in [5.74, 6) is -4.75. The van der Waals surface area contributed by atoms with E-state index in [4.69, 9.17) is 23.2 Å². The Bertz CT molecular complexity index is 1200. The van der Waals surface area contributed by atoms with E-state index in [1.165, 1.54) is 38.0 Å². The molecule has 0 aliphatic heterocycles. The maximum absolute atomic E-state index is 14.6. The lowest BCUT2D eigenvalue weighted by molar-refractivity contribution is -0.333. The molecule has 0 radical (unpaired) electrons. The quantitative estimate of drug-likeness (QED) is 0.210. The highest BCUT2D eigenvalue weighted by Crippen LogP contribution is 2.67. The first-order valence-electron chi connectivity index (χ1n) is 9.82. The third-order valence-electron chi connectivity index (χ3n) is 5.89. The highest BCUT2D eigenvalue weighted by atomic mass is 35.5. The molecule has 12 heteroatoms. The van der Waals surface area contributed by atoms with Gasteiger partial charge in [0.15, 0.2) is 0 Å². The number of hydrazine groups is 1. The summed E-state index contributed by atoms with van der Waals surface area (Å²) in [6.45, 7) is 2.57. The van der Waals surface area contributed by atoms with Gasteiger partial charge >= 0.3 is 12.1 Å². The number of carbonyl (C=O) groups excluding carboxylic acids is 1. The van der Waals surface area contributed by atoms with E-state index >= 15 is 0 Å². The minimum absolute atomic E-state index is 0.0375. The van der Waals surface area contributed by atoms with Crippen LogP contribution in [0, 0.1) is 13.8 Å². The molecule has 0 bridgehead atoms. The summed E-state index contributed by atoms with van der Waals surface area (Å²) in [4.78, 5) is 15.8. The standard InChI is InChI=1S/C22H19Cl2F6N3O/c1-10-7-14-18(21(26,27)20(14,25)22(28,29)30)11(2)17(10)16(31-3)9-33(32-4)12-5-6-15(23)13(8-12)19(24)34/h5-8,32H,9H2,1-4H3. The van der Waals surface area contributed by atoms with Gasteiger partial charge in [-0.25, -0.2) is 9.82 Å². The number of fused-ring (bicyclic) bond motifs is 1. The molecule has 0 saturated heterocycles. The molecule has 0 heterocycles. The van der Waals surface area contributed by atoms with Gasteiger partial charge in [-0.1, -0.05) is 17.7 Å². The van der Waals surface area contributed by atoms with Crippen LogP contribution in [0.2, 0.25) is 5.02 Å². The number of aryl methyl sites for hydroxylation is 1. The molecule has 0 saturated carbocycles. The third kappa shape index (κ3) is 3.76. The maximum Gasteiger partial charge on any atom is 0.433 e. The lowest BCUT2D eigenvalue weighted by atomic mass is 9.66. The zero-order valence-corrected chi connectivity index (χ0v) is 19.9. The zero-order valence-electron chi connectivity index (χ0n) is 18.3. The van der Waals surface area contributed by atoms with Crippen molar-refractivity contribution >= 4 is 39.8 Å². The number of alkyl halides is 6. The Hall–Kier alpha value is -2.30. The number of halogens is 8. The lowest BCUT2D eigenvalue weighted by Gasteiger charge is -2.46. The molecule has 1 atom stereocenters. The Morgan fingerprint density at radius 1 is 1.18 bits per heavy atom. The number of rotatable bonds is 6. The number of hydrogen-bond donors (Lipinski definition) is 1. The van der Waals surface area contributed by atoms with Gasteiger partial charge in [-0.15, -0.1) is 0 Å². The van der Waals surface area contributed by atoms with E-state index in [-0.39, 0.29) is 39.5 Å². The van der Waals surface area contributed by atoms with Crippen LogP contribution in [-0.2, 0) is 11.6 Å². The van der Waals surface area contributed by atoms with Crippen molar-refractivity contribution in [3.63, 3.8) is 0 Å². The third-order valence-corrected chi connectivity index (χ3v) is 6.43. The van der Waals surface area contributed by atoms with Crippen LogP contribution in [0.25, 0.3) is 0 Å². The molecule has 1 aliphatic carbocycles. The summed E-state index contributed by atoms with van der Waals surface area (Å²) < 4.78 is 83.4. The molecule has 1 aliphatic rings. The van der Waals surface area contributed by atoms with Crippen molar-refractivity contribution in [1.82, 2.24) is 5.43 Å². The van der Waals surface area contributed by atoms with Gasteiger partial charge in [-0.2, -0.15) is 22.0 Å². The lowest BCUT2D eigenvalue weighted by Crippen LogP contribution is -2.59. The topological polar surface area (TPSA) is 44.7 Å². The summed E-state index contributed by atoms with van der Waals surface area (Å²) >= 11 is 11.5. The first kappa shape index (κ1) is 26.3. The molecular formula is C22H19Cl2F6N3O. The predicted molar refractivity (Wildman–Crippen MR) is 119 cm³/mol. The second-order valence-corrected chi connectivity index (χ2v) is 8.52. The van der Waals surface area contributed by atoms with Crippen molar-refractivity contribution < 1.29 is 31.1 Å². The van der Waals surface area contributed by atoms with E-state index in [0.717, 1.165) is 6.07 Å². The van der Waals surface area contributed by atoms with E-state index in [9.17, 15) is 31.1 Å². The van der Waals surface area contributed by atoms with Crippen LogP contribution in [0.3, 0.4) is 0 Å². The molecule has 4 nitrogen and oxygen atoms in total. The molecule has 34 heavy (non-hydrogen) atoms. The smallest absolute Gasteiger partial charge is 0.303 e. The van der Waals surface area contributed by atoms with E-state index in [2.05, 4.69) is 10.4 Å². The van der Waals surface area contributed by atoms with Gasteiger partial charge in [0.2, 0.25) is 0 Å². The van der Waals surface area contributed by atoms with Crippen LogP contribution in [0.5, 0.6) is 0 Å². The molecule has 3 rings (SSSR count). The fourth-order valence-corrected chi connectivity index (χ4v) is 4.66. The van der Waals surface area contributed by atoms with E-state index in [1.807, 2.05) is 0 Å². The van der Waals surface area contributed by atoms with Crippen LogP contribution >= 0.6 is 23.2 Å². The van der Waals surface area contributed by atoms with E-state index in [1.54, 1.807) is 13.1 Å². The molecule has 0 fully saturated rings. The molecule has 0 spiro atoms. The zero-order chi connectivity index (χ0) is 25.8. The van der Waals surface area contributed by atoms with Gasteiger partial charge in [0.1, 0.15) is 0 Å². The minimum atomic E-state index is -5.78. The molecule has 2 aromatic rings. The van der Waals surface area contributed by atoms with Crippen molar-refractivity contribution in [2.45, 2.75) is 31.6 Å². The molecule has 0 amide bonds.